The van der Waals surface area contributed by atoms with Gasteiger partial charge in [-0.2, -0.15) is 4.98 Å². The molecule has 0 spiro atoms. The van der Waals surface area contributed by atoms with Crippen molar-refractivity contribution in [3.05, 3.63) is 12.1 Å². The summed E-state index contributed by atoms with van der Waals surface area (Å²) in [6.07, 6.45) is 0.997. The SMILES string of the molecule is CCOc1nc(NC2CCOCC2C)ccc1N. The van der Waals surface area contributed by atoms with E-state index in [0.29, 0.717) is 30.1 Å². The molecule has 2 atom stereocenters. The Bertz CT molecular complexity index is 398. The zero-order valence-electron chi connectivity index (χ0n) is 11.0. The lowest BCUT2D eigenvalue weighted by atomic mass is 9.98. The van der Waals surface area contributed by atoms with Crippen molar-refractivity contribution in [2.24, 2.45) is 5.92 Å². The van der Waals surface area contributed by atoms with Crippen LogP contribution in [0.15, 0.2) is 12.1 Å². The van der Waals surface area contributed by atoms with Crippen LogP contribution in [-0.2, 0) is 4.74 Å². The Hall–Kier alpha value is -1.49. The fourth-order valence-electron chi connectivity index (χ4n) is 2.07. The molecule has 0 saturated carbocycles. The van der Waals surface area contributed by atoms with Gasteiger partial charge in [-0.1, -0.05) is 6.92 Å². The predicted octanol–water partition coefficient (Wildman–Crippen LogP) is 1.90. The van der Waals surface area contributed by atoms with Gasteiger partial charge in [0.25, 0.3) is 0 Å². The van der Waals surface area contributed by atoms with Crippen molar-refractivity contribution in [1.82, 2.24) is 4.98 Å². The highest BCUT2D eigenvalue weighted by molar-refractivity contribution is 5.53. The molecule has 1 fully saturated rings. The van der Waals surface area contributed by atoms with Gasteiger partial charge in [-0.3, -0.25) is 0 Å². The molecule has 0 radical (unpaired) electrons. The molecule has 2 unspecified atom stereocenters. The Kier molecular flexibility index (Phi) is 4.25. The molecule has 1 aliphatic rings. The number of nitrogens with two attached hydrogens (primary N) is 1. The van der Waals surface area contributed by atoms with E-state index in [0.717, 1.165) is 25.5 Å². The van der Waals surface area contributed by atoms with E-state index in [2.05, 4.69) is 17.2 Å². The molecular formula is C13H21N3O2. The number of rotatable bonds is 4. The first-order valence-corrected chi connectivity index (χ1v) is 6.44. The maximum atomic E-state index is 5.80. The van der Waals surface area contributed by atoms with Crippen LogP contribution in [0.5, 0.6) is 5.88 Å². The number of hydrogen-bond acceptors (Lipinski definition) is 5. The third-order valence-corrected chi connectivity index (χ3v) is 3.14. The zero-order valence-corrected chi connectivity index (χ0v) is 11.0. The molecule has 5 nitrogen and oxygen atoms in total. The molecule has 1 aromatic rings. The van der Waals surface area contributed by atoms with E-state index in [1.165, 1.54) is 0 Å². The number of ether oxygens (including phenoxy) is 2. The number of nitrogens with zero attached hydrogens (tertiary/aromatic N) is 1. The van der Waals surface area contributed by atoms with Crippen LogP contribution in [0.2, 0.25) is 0 Å². The fraction of sp³-hybridized carbons (Fsp3) is 0.615. The first-order valence-electron chi connectivity index (χ1n) is 6.44. The minimum atomic E-state index is 0.393. The number of anilines is 2. The molecule has 18 heavy (non-hydrogen) atoms. The average Bonchev–Trinajstić information content (AvgIpc) is 2.36. The lowest BCUT2D eigenvalue weighted by molar-refractivity contribution is 0.0537. The molecule has 0 aromatic carbocycles. The number of aromatic nitrogens is 1. The van der Waals surface area contributed by atoms with Gasteiger partial charge in [-0.25, -0.2) is 0 Å². The maximum absolute atomic E-state index is 5.80. The normalized spacial score (nSPS) is 23.7. The van der Waals surface area contributed by atoms with Gasteiger partial charge in [0.05, 0.1) is 18.9 Å². The van der Waals surface area contributed by atoms with E-state index in [4.69, 9.17) is 15.2 Å². The lowest BCUT2D eigenvalue weighted by Gasteiger charge is -2.30. The molecule has 0 aliphatic carbocycles. The third-order valence-electron chi connectivity index (χ3n) is 3.14. The van der Waals surface area contributed by atoms with Crippen molar-refractivity contribution in [2.75, 3.05) is 30.9 Å². The molecule has 1 aromatic heterocycles. The van der Waals surface area contributed by atoms with E-state index < -0.39 is 0 Å². The summed E-state index contributed by atoms with van der Waals surface area (Å²) in [5.74, 6) is 1.79. The van der Waals surface area contributed by atoms with Crippen molar-refractivity contribution in [2.45, 2.75) is 26.3 Å². The van der Waals surface area contributed by atoms with E-state index in [1.54, 1.807) is 0 Å². The Morgan fingerprint density at radius 2 is 2.39 bits per heavy atom. The number of nitrogens with one attached hydrogen (secondary N) is 1. The van der Waals surface area contributed by atoms with Crippen molar-refractivity contribution < 1.29 is 9.47 Å². The number of pyridine rings is 1. The molecule has 1 aliphatic heterocycles. The van der Waals surface area contributed by atoms with Crippen LogP contribution in [0.1, 0.15) is 20.3 Å². The van der Waals surface area contributed by atoms with Crippen LogP contribution >= 0.6 is 0 Å². The highest BCUT2D eigenvalue weighted by Gasteiger charge is 2.22. The van der Waals surface area contributed by atoms with E-state index in [1.807, 2.05) is 19.1 Å². The molecule has 100 valence electrons. The molecule has 2 rings (SSSR count). The van der Waals surface area contributed by atoms with Gasteiger partial charge < -0.3 is 20.5 Å². The summed E-state index contributed by atoms with van der Waals surface area (Å²) in [7, 11) is 0. The average molecular weight is 251 g/mol. The van der Waals surface area contributed by atoms with Gasteiger partial charge in [-0.05, 0) is 31.4 Å². The second-order valence-electron chi connectivity index (χ2n) is 4.62. The van der Waals surface area contributed by atoms with Crippen LogP contribution in [0.3, 0.4) is 0 Å². The Morgan fingerprint density at radius 1 is 1.56 bits per heavy atom. The molecule has 0 bridgehead atoms. The molecule has 3 N–H and O–H groups in total. The first-order chi connectivity index (χ1) is 8.70. The minimum absolute atomic E-state index is 0.393. The first kappa shape index (κ1) is 13.0. The van der Waals surface area contributed by atoms with Gasteiger partial charge in [0.1, 0.15) is 5.82 Å². The maximum Gasteiger partial charge on any atom is 0.239 e. The van der Waals surface area contributed by atoms with Crippen molar-refractivity contribution >= 4 is 11.5 Å². The third kappa shape index (κ3) is 3.04. The monoisotopic (exact) mass is 251 g/mol. The topological polar surface area (TPSA) is 69.4 Å². The predicted molar refractivity (Wildman–Crippen MR) is 71.8 cm³/mol. The highest BCUT2D eigenvalue weighted by Crippen LogP contribution is 2.23. The number of nitrogen functional groups attached to an aromatic ring is 1. The van der Waals surface area contributed by atoms with Crippen molar-refractivity contribution in [1.29, 1.82) is 0 Å². The van der Waals surface area contributed by atoms with Crippen LogP contribution in [0, 0.1) is 5.92 Å². The smallest absolute Gasteiger partial charge is 0.239 e. The highest BCUT2D eigenvalue weighted by atomic mass is 16.5. The van der Waals surface area contributed by atoms with Gasteiger partial charge in [0.2, 0.25) is 5.88 Å². The Labute approximate surface area is 108 Å². The largest absolute Gasteiger partial charge is 0.476 e. The summed E-state index contributed by atoms with van der Waals surface area (Å²) in [4.78, 5) is 4.39. The Morgan fingerprint density at radius 3 is 3.11 bits per heavy atom. The molecular weight excluding hydrogens is 230 g/mol. The van der Waals surface area contributed by atoms with Gasteiger partial charge >= 0.3 is 0 Å². The van der Waals surface area contributed by atoms with Crippen LogP contribution < -0.4 is 15.8 Å². The van der Waals surface area contributed by atoms with Gasteiger partial charge in [0.15, 0.2) is 0 Å². The van der Waals surface area contributed by atoms with E-state index >= 15 is 0 Å². The number of hydrogen-bond donors (Lipinski definition) is 2. The Balaban J connectivity index is 2.06. The molecule has 0 amide bonds. The summed E-state index contributed by atoms with van der Waals surface area (Å²) in [5, 5.41) is 3.43. The second kappa shape index (κ2) is 5.91. The quantitative estimate of drug-likeness (QED) is 0.855. The molecule has 2 heterocycles. The standard InChI is InChI=1S/C13H21N3O2/c1-3-18-13-10(14)4-5-12(16-13)15-11-6-7-17-8-9(11)2/h4-5,9,11H,3,6-8,14H2,1-2H3,(H,15,16). The fourth-order valence-corrected chi connectivity index (χ4v) is 2.07. The molecule has 1 saturated heterocycles. The zero-order chi connectivity index (χ0) is 13.0. The minimum Gasteiger partial charge on any atom is -0.476 e. The summed E-state index contributed by atoms with van der Waals surface area (Å²) < 4.78 is 10.8. The van der Waals surface area contributed by atoms with Crippen LogP contribution in [0.4, 0.5) is 11.5 Å². The summed E-state index contributed by atoms with van der Waals surface area (Å²) >= 11 is 0. The summed E-state index contributed by atoms with van der Waals surface area (Å²) in [6.45, 7) is 6.26. The van der Waals surface area contributed by atoms with Crippen molar-refractivity contribution in [3.63, 3.8) is 0 Å². The van der Waals surface area contributed by atoms with Crippen LogP contribution in [-0.4, -0.2) is 30.8 Å². The summed E-state index contributed by atoms with van der Waals surface area (Å²) in [6, 6.07) is 4.11. The van der Waals surface area contributed by atoms with Crippen LogP contribution in [0.25, 0.3) is 0 Å². The lowest BCUT2D eigenvalue weighted by Crippen LogP contribution is -2.36. The second-order valence-corrected chi connectivity index (χ2v) is 4.62. The summed E-state index contributed by atoms with van der Waals surface area (Å²) in [5.41, 5.74) is 6.37. The van der Waals surface area contributed by atoms with E-state index in [-0.39, 0.29) is 0 Å². The van der Waals surface area contributed by atoms with Gasteiger partial charge in [-0.15, -0.1) is 0 Å². The molecule has 5 heteroatoms. The van der Waals surface area contributed by atoms with E-state index in [9.17, 15) is 0 Å². The van der Waals surface area contributed by atoms with Crippen molar-refractivity contribution in [3.8, 4) is 5.88 Å². The van der Waals surface area contributed by atoms with Gasteiger partial charge in [0, 0.05) is 12.6 Å².